The molecule has 6 nitrogen and oxygen atoms in total. The molecule has 0 amide bonds. The fourth-order valence-corrected chi connectivity index (χ4v) is 2.87. The molecule has 1 N–H and O–H groups in total. The number of oxime groups is 1. The molecule has 0 saturated carbocycles. The van der Waals surface area contributed by atoms with E-state index in [0.717, 1.165) is 11.1 Å². The van der Waals surface area contributed by atoms with Crippen molar-refractivity contribution in [1.82, 2.24) is 9.71 Å². The molecule has 0 atom stereocenters. The van der Waals surface area contributed by atoms with Gasteiger partial charge in [0.05, 0.1) is 10.6 Å². The zero-order chi connectivity index (χ0) is 16.7. The van der Waals surface area contributed by atoms with Crippen molar-refractivity contribution in [3.63, 3.8) is 0 Å². The Morgan fingerprint density at radius 3 is 2.43 bits per heavy atom. The fourth-order valence-electron chi connectivity index (χ4n) is 1.85. The first kappa shape index (κ1) is 17.1. The summed E-state index contributed by atoms with van der Waals surface area (Å²) in [6, 6.07) is 10.0. The summed E-state index contributed by atoms with van der Waals surface area (Å²) in [5.74, 6) is 0. The number of pyridine rings is 1. The molecule has 0 saturated heterocycles. The van der Waals surface area contributed by atoms with Gasteiger partial charge in [-0.05, 0) is 49.2 Å². The summed E-state index contributed by atoms with van der Waals surface area (Å²) < 4.78 is 27.1. The topological polar surface area (TPSA) is 80.6 Å². The van der Waals surface area contributed by atoms with Crippen molar-refractivity contribution in [1.29, 1.82) is 0 Å². The Morgan fingerprint density at radius 2 is 1.83 bits per heavy atom. The van der Waals surface area contributed by atoms with E-state index >= 15 is 0 Å². The Morgan fingerprint density at radius 1 is 1.17 bits per heavy atom. The van der Waals surface area contributed by atoms with Crippen LogP contribution in [0.25, 0.3) is 0 Å². The first-order chi connectivity index (χ1) is 11.0. The zero-order valence-corrected chi connectivity index (χ0v) is 13.9. The lowest BCUT2D eigenvalue weighted by molar-refractivity contribution is 0.159. The second-order valence-corrected chi connectivity index (χ2v) is 6.57. The highest BCUT2D eigenvalue weighted by Crippen LogP contribution is 2.12. The number of nitrogens with zero attached hydrogens (tertiary/aromatic N) is 2. The van der Waals surface area contributed by atoms with Crippen LogP contribution < -0.4 is 4.72 Å². The van der Waals surface area contributed by atoms with Crippen molar-refractivity contribution >= 4 is 15.7 Å². The van der Waals surface area contributed by atoms with Crippen molar-refractivity contribution in [2.24, 2.45) is 5.16 Å². The summed E-state index contributed by atoms with van der Waals surface area (Å²) in [6.45, 7) is 4.36. The first-order valence-electron chi connectivity index (χ1n) is 7.18. The van der Waals surface area contributed by atoms with E-state index in [4.69, 9.17) is 4.84 Å². The van der Waals surface area contributed by atoms with E-state index in [2.05, 4.69) is 14.9 Å². The molecule has 122 valence electrons. The Labute approximate surface area is 136 Å². The van der Waals surface area contributed by atoms with Crippen molar-refractivity contribution in [3.8, 4) is 0 Å². The predicted octanol–water partition coefficient (Wildman–Crippen LogP) is 2.32. The van der Waals surface area contributed by atoms with E-state index in [0.29, 0.717) is 12.3 Å². The highest BCUT2D eigenvalue weighted by molar-refractivity contribution is 7.89. The lowest BCUT2D eigenvalue weighted by Crippen LogP contribution is -2.23. The minimum absolute atomic E-state index is 0.208. The molecule has 0 fully saturated rings. The van der Waals surface area contributed by atoms with E-state index in [-0.39, 0.29) is 11.4 Å². The van der Waals surface area contributed by atoms with Crippen LogP contribution in [0.5, 0.6) is 0 Å². The largest absolute Gasteiger partial charge is 0.396 e. The lowest BCUT2D eigenvalue weighted by atomic mass is 10.1. The van der Waals surface area contributed by atoms with Gasteiger partial charge in [0.25, 0.3) is 0 Å². The third-order valence-corrected chi connectivity index (χ3v) is 4.55. The van der Waals surface area contributed by atoms with Gasteiger partial charge in [0.1, 0.15) is 6.61 Å². The van der Waals surface area contributed by atoms with Crippen molar-refractivity contribution in [2.75, 3.05) is 6.61 Å². The average Bonchev–Trinajstić information content (AvgIpc) is 2.59. The monoisotopic (exact) mass is 333 g/mol. The summed E-state index contributed by atoms with van der Waals surface area (Å²) in [6.07, 6.45) is 3.25. The molecule has 2 rings (SSSR count). The molecule has 1 aromatic carbocycles. The third-order valence-electron chi connectivity index (χ3n) is 3.13. The SMILES string of the molecule is CCO/N=C(\C)c1ccc(S(=O)(=O)NCc2ccncc2)cc1. The Kier molecular flexibility index (Phi) is 5.84. The first-order valence-corrected chi connectivity index (χ1v) is 8.67. The maximum absolute atomic E-state index is 12.3. The van der Waals surface area contributed by atoms with Crippen LogP contribution >= 0.6 is 0 Å². The molecular weight excluding hydrogens is 314 g/mol. The van der Waals surface area contributed by atoms with Crippen LogP contribution in [0, 0.1) is 0 Å². The van der Waals surface area contributed by atoms with E-state index in [1.165, 1.54) is 0 Å². The van der Waals surface area contributed by atoms with Crippen molar-refractivity contribution in [3.05, 3.63) is 59.9 Å². The average molecular weight is 333 g/mol. The highest BCUT2D eigenvalue weighted by atomic mass is 32.2. The smallest absolute Gasteiger partial charge is 0.240 e. The third kappa shape index (κ3) is 4.87. The van der Waals surface area contributed by atoms with Gasteiger partial charge in [0, 0.05) is 18.9 Å². The van der Waals surface area contributed by atoms with Gasteiger partial charge in [-0.3, -0.25) is 4.98 Å². The molecule has 1 heterocycles. The molecule has 0 aliphatic heterocycles. The normalized spacial score (nSPS) is 12.2. The van der Waals surface area contributed by atoms with Gasteiger partial charge in [-0.2, -0.15) is 0 Å². The number of hydrogen-bond donors (Lipinski definition) is 1. The molecule has 0 aliphatic rings. The van der Waals surface area contributed by atoms with E-state index in [1.807, 2.05) is 6.92 Å². The van der Waals surface area contributed by atoms with Crippen LogP contribution in [0.2, 0.25) is 0 Å². The van der Waals surface area contributed by atoms with Gasteiger partial charge in [-0.15, -0.1) is 0 Å². The van der Waals surface area contributed by atoms with Gasteiger partial charge in [0.2, 0.25) is 10.0 Å². The number of benzene rings is 1. The van der Waals surface area contributed by atoms with E-state index in [9.17, 15) is 8.42 Å². The molecule has 7 heteroatoms. The maximum atomic E-state index is 12.3. The van der Waals surface area contributed by atoms with Crippen LogP contribution in [0.15, 0.2) is 58.8 Å². The van der Waals surface area contributed by atoms with Crippen molar-refractivity contribution < 1.29 is 13.3 Å². The standard InChI is InChI=1S/C16H19N3O3S/c1-3-22-19-13(2)15-4-6-16(7-5-15)23(20,21)18-12-14-8-10-17-11-9-14/h4-11,18H,3,12H2,1-2H3/b19-13+. The van der Waals surface area contributed by atoms with Gasteiger partial charge in [-0.1, -0.05) is 17.3 Å². The van der Waals surface area contributed by atoms with E-state index in [1.54, 1.807) is 55.7 Å². The number of sulfonamides is 1. The van der Waals surface area contributed by atoms with Crippen LogP contribution in [-0.4, -0.2) is 25.7 Å². The Balaban J connectivity index is 2.08. The van der Waals surface area contributed by atoms with Crippen molar-refractivity contribution in [2.45, 2.75) is 25.3 Å². The number of aromatic nitrogens is 1. The molecule has 0 unspecified atom stereocenters. The lowest BCUT2D eigenvalue weighted by Gasteiger charge is -2.08. The Bertz CT molecular complexity index is 757. The molecule has 0 radical (unpaired) electrons. The summed E-state index contributed by atoms with van der Waals surface area (Å²) in [4.78, 5) is 9.09. The molecule has 0 aliphatic carbocycles. The number of nitrogens with one attached hydrogen (secondary N) is 1. The zero-order valence-electron chi connectivity index (χ0n) is 13.1. The quantitative estimate of drug-likeness (QED) is 0.623. The highest BCUT2D eigenvalue weighted by Gasteiger charge is 2.13. The molecule has 0 bridgehead atoms. The summed E-state index contributed by atoms with van der Waals surface area (Å²) >= 11 is 0. The molecule has 0 spiro atoms. The summed E-state index contributed by atoms with van der Waals surface area (Å²) in [5, 5.41) is 3.93. The second-order valence-electron chi connectivity index (χ2n) is 4.80. The van der Waals surface area contributed by atoms with E-state index < -0.39 is 10.0 Å². The number of hydrogen-bond acceptors (Lipinski definition) is 5. The fraction of sp³-hybridized carbons (Fsp3) is 0.250. The molecule has 1 aromatic heterocycles. The van der Waals surface area contributed by atoms with Crippen LogP contribution in [-0.2, 0) is 21.4 Å². The van der Waals surface area contributed by atoms with Gasteiger partial charge >= 0.3 is 0 Å². The molecular formula is C16H19N3O3S. The van der Waals surface area contributed by atoms with Gasteiger partial charge in [0.15, 0.2) is 0 Å². The predicted molar refractivity (Wildman–Crippen MR) is 88.5 cm³/mol. The number of rotatable bonds is 7. The maximum Gasteiger partial charge on any atom is 0.240 e. The summed E-state index contributed by atoms with van der Waals surface area (Å²) in [7, 11) is -3.56. The van der Waals surface area contributed by atoms with Gasteiger partial charge < -0.3 is 4.84 Å². The molecule has 2 aromatic rings. The van der Waals surface area contributed by atoms with Crippen LogP contribution in [0.4, 0.5) is 0 Å². The Hall–Kier alpha value is -2.25. The van der Waals surface area contributed by atoms with Gasteiger partial charge in [-0.25, -0.2) is 13.1 Å². The van der Waals surface area contributed by atoms with Crippen LogP contribution in [0.3, 0.4) is 0 Å². The summed E-state index contributed by atoms with van der Waals surface area (Å²) in [5.41, 5.74) is 2.35. The minimum Gasteiger partial charge on any atom is -0.396 e. The van der Waals surface area contributed by atoms with Crippen LogP contribution in [0.1, 0.15) is 25.0 Å². The minimum atomic E-state index is -3.56. The second kappa shape index (κ2) is 7.85. The molecule has 23 heavy (non-hydrogen) atoms.